The number of hydrogen-bond acceptors (Lipinski definition) is 3. The molecule has 0 aliphatic heterocycles. The van der Waals surface area contributed by atoms with Gasteiger partial charge in [0.15, 0.2) is 0 Å². The number of halogens is 1. The highest BCUT2D eigenvalue weighted by atomic mass is 32.2. The van der Waals surface area contributed by atoms with E-state index in [2.05, 4.69) is 10.0 Å². The number of anilines is 2. The monoisotopic (exact) mass is 424 g/mol. The summed E-state index contributed by atoms with van der Waals surface area (Å²) in [5.74, 6) is -0.734. The first kappa shape index (κ1) is 21.3. The van der Waals surface area contributed by atoms with Crippen molar-refractivity contribution in [3.8, 4) is 0 Å². The molecule has 0 fully saturated rings. The molecule has 3 aromatic carbocycles. The summed E-state index contributed by atoms with van der Waals surface area (Å²) in [6, 6.07) is 17.1. The van der Waals surface area contributed by atoms with Gasteiger partial charge in [-0.05, 0) is 73.5 Å². The maximum atomic E-state index is 12.9. The summed E-state index contributed by atoms with van der Waals surface area (Å²) >= 11 is 0. The Morgan fingerprint density at radius 2 is 1.60 bits per heavy atom. The third-order valence-corrected chi connectivity index (χ3v) is 5.74. The van der Waals surface area contributed by atoms with Crippen molar-refractivity contribution in [3.05, 3.63) is 95.3 Å². The predicted molar refractivity (Wildman–Crippen MR) is 117 cm³/mol. The van der Waals surface area contributed by atoms with Gasteiger partial charge in [0.25, 0.3) is 10.0 Å². The molecule has 0 aliphatic carbocycles. The van der Waals surface area contributed by atoms with Crippen molar-refractivity contribution in [1.82, 2.24) is 0 Å². The molecule has 0 radical (unpaired) electrons. The number of rotatable bonds is 6. The lowest BCUT2D eigenvalue weighted by Crippen LogP contribution is -2.14. The Kier molecular flexibility index (Phi) is 6.32. The quantitative estimate of drug-likeness (QED) is 0.553. The predicted octanol–water partition coefficient (Wildman–Crippen LogP) is 4.90. The highest BCUT2D eigenvalue weighted by Crippen LogP contribution is 2.22. The molecule has 0 aliphatic rings. The van der Waals surface area contributed by atoms with Gasteiger partial charge in [-0.15, -0.1) is 0 Å². The van der Waals surface area contributed by atoms with Crippen molar-refractivity contribution in [1.29, 1.82) is 0 Å². The average molecular weight is 424 g/mol. The Bertz CT molecular complexity index is 1190. The summed E-state index contributed by atoms with van der Waals surface area (Å²) in [6.45, 7) is 3.77. The molecule has 0 saturated carbocycles. The Hall–Kier alpha value is -3.45. The van der Waals surface area contributed by atoms with Gasteiger partial charge in [-0.1, -0.05) is 29.8 Å². The highest BCUT2D eigenvalue weighted by molar-refractivity contribution is 7.92. The lowest BCUT2D eigenvalue weighted by molar-refractivity contribution is -0.111. The zero-order valence-corrected chi connectivity index (χ0v) is 17.3. The fourth-order valence-corrected chi connectivity index (χ4v) is 3.91. The van der Waals surface area contributed by atoms with E-state index in [4.69, 9.17) is 0 Å². The molecule has 30 heavy (non-hydrogen) atoms. The third-order valence-electron chi connectivity index (χ3n) is 4.36. The molecular weight excluding hydrogens is 403 g/mol. The van der Waals surface area contributed by atoms with E-state index in [1.165, 1.54) is 42.5 Å². The van der Waals surface area contributed by atoms with Crippen molar-refractivity contribution in [2.75, 3.05) is 10.0 Å². The molecule has 0 bridgehead atoms. The summed E-state index contributed by atoms with van der Waals surface area (Å²) in [7, 11) is -3.75. The van der Waals surface area contributed by atoms with E-state index in [0.29, 0.717) is 16.9 Å². The molecule has 154 valence electrons. The molecule has 0 unspecified atom stereocenters. The molecule has 0 saturated heterocycles. The smallest absolute Gasteiger partial charge is 0.261 e. The van der Waals surface area contributed by atoms with Crippen LogP contribution in [0.4, 0.5) is 15.8 Å². The van der Waals surface area contributed by atoms with E-state index in [-0.39, 0.29) is 16.6 Å². The van der Waals surface area contributed by atoms with Gasteiger partial charge < -0.3 is 5.32 Å². The van der Waals surface area contributed by atoms with E-state index in [1.807, 2.05) is 26.0 Å². The summed E-state index contributed by atoms with van der Waals surface area (Å²) in [4.78, 5) is 12.1. The molecule has 1 amide bonds. The van der Waals surface area contributed by atoms with Crippen LogP contribution in [0, 0.1) is 19.7 Å². The zero-order chi connectivity index (χ0) is 21.7. The first-order valence-electron chi connectivity index (χ1n) is 9.18. The molecule has 2 N–H and O–H groups in total. The van der Waals surface area contributed by atoms with Gasteiger partial charge in [-0.2, -0.15) is 0 Å². The minimum atomic E-state index is -3.75. The van der Waals surface area contributed by atoms with Crippen LogP contribution in [0.15, 0.2) is 77.7 Å². The minimum absolute atomic E-state index is 0.0855. The lowest BCUT2D eigenvalue weighted by atomic mass is 10.1. The van der Waals surface area contributed by atoms with Crippen LogP contribution >= 0.6 is 0 Å². The van der Waals surface area contributed by atoms with Gasteiger partial charge in [-0.3, -0.25) is 9.52 Å². The van der Waals surface area contributed by atoms with Crippen LogP contribution in [0.1, 0.15) is 16.7 Å². The second kappa shape index (κ2) is 8.92. The van der Waals surface area contributed by atoms with Crippen LogP contribution in [0.25, 0.3) is 6.08 Å². The van der Waals surface area contributed by atoms with Crippen LogP contribution in [0.2, 0.25) is 0 Å². The topological polar surface area (TPSA) is 75.3 Å². The van der Waals surface area contributed by atoms with Crippen LogP contribution in [0.3, 0.4) is 0 Å². The standard InChI is InChI=1S/C23H21FN2O3S/c1-16-3-13-22(17(2)15-16)26-30(28,29)21-11-9-20(10-12-21)25-23(27)14-6-18-4-7-19(24)8-5-18/h3-15,26H,1-2H3,(H,25,27). The molecule has 0 aromatic heterocycles. The van der Waals surface area contributed by atoms with E-state index < -0.39 is 10.0 Å². The van der Waals surface area contributed by atoms with Crippen LogP contribution in [0.5, 0.6) is 0 Å². The fourth-order valence-electron chi connectivity index (χ4n) is 2.78. The molecule has 0 spiro atoms. The lowest BCUT2D eigenvalue weighted by Gasteiger charge is -2.11. The number of benzene rings is 3. The Balaban J connectivity index is 1.66. The van der Waals surface area contributed by atoms with E-state index >= 15 is 0 Å². The van der Waals surface area contributed by atoms with Crippen LogP contribution in [-0.4, -0.2) is 14.3 Å². The SMILES string of the molecule is Cc1ccc(NS(=O)(=O)c2ccc(NC(=O)C=Cc3ccc(F)cc3)cc2)c(C)c1. The molecular formula is C23H21FN2O3S. The number of carbonyl (C=O) groups is 1. The summed E-state index contributed by atoms with van der Waals surface area (Å²) in [5, 5.41) is 2.65. The van der Waals surface area contributed by atoms with Crippen molar-refractivity contribution in [3.63, 3.8) is 0 Å². The van der Waals surface area contributed by atoms with Crippen molar-refractivity contribution >= 4 is 33.4 Å². The maximum absolute atomic E-state index is 12.9. The first-order valence-corrected chi connectivity index (χ1v) is 10.7. The van der Waals surface area contributed by atoms with E-state index in [1.54, 1.807) is 24.3 Å². The first-order chi connectivity index (χ1) is 14.2. The minimum Gasteiger partial charge on any atom is -0.323 e. The number of nitrogens with one attached hydrogen (secondary N) is 2. The number of sulfonamides is 1. The van der Waals surface area contributed by atoms with Gasteiger partial charge in [0, 0.05) is 11.8 Å². The molecule has 0 heterocycles. The fraction of sp³-hybridized carbons (Fsp3) is 0.0870. The van der Waals surface area contributed by atoms with E-state index in [0.717, 1.165) is 11.1 Å². The molecule has 7 heteroatoms. The Labute approximate surface area is 175 Å². The molecule has 3 aromatic rings. The van der Waals surface area contributed by atoms with Crippen molar-refractivity contribution in [2.24, 2.45) is 0 Å². The van der Waals surface area contributed by atoms with Crippen molar-refractivity contribution < 1.29 is 17.6 Å². The normalized spacial score (nSPS) is 11.4. The van der Waals surface area contributed by atoms with Gasteiger partial charge in [-0.25, -0.2) is 12.8 Å². The Morgan fingerprint density at radius 3 is 2.23 bits per heavy atom. The number of hydrogen-bond donors (Lipinski definition) is 2. The molecule has 5 nitrogen and oxygen atoms in total. The van der Waals surface area contributed by atoms with Crippen molar-refractivity contribution in [2.45, 2.75) is 18.7 Å². The van der Waals surface area contributed by atoms with E-state index in [9.17, 15) is 17.6 Å². The second-order valence-corrected chi connectivity index (χ2v) is 8.50. The second-order valence-electron chi connectivity index (χ2n) is 6.82. The largest absolute Gasteiger partial charge is 0.323 e. The summed E-state index contributed by atoms with van der Waals surface area (Å²) in [6.07, 6.45) is 2.88. The van der Waals surface area contributed by atoms with Gasteiger partial charge in [0.05, 0.1) is 10.6 Å². The number of amides is 1. The van der Waals surface area contributed by atoms with Gasteiger partial charge in [0.1, 0.15) is 5.82 Å². The highest BCUT2D eigenvalue weighted by Gasteiger charge is 2.15. The average Bonchev–Trinajstić information content (AvgIpc) is 2.70. The van der Waals surface area contributed by atoms with Crippen LogP contribution < -0.4 is 10.0 Å². The number of aryl methyl sites for hydroxylation is 2. The zero-order valence-electron chi connectivity index (χ0n) is 16.5. The summed E-state index contributed by atoms with van der Waals surface area (Å²) < 4.78 is 40.7. The molecule has 3 rings (SSSR count). The third kappa shape index (κ3) is 5.55. The molecule has 0 atom stereocenters. The maximum Gasteiger partial charge on any atom is 0.261 e. The van der Waals surface area contributed by atoms with Gasteiger partial charge >= 0.3 is 0 Å². The Morgan fingerprint density at radius 1 is 0.933 bits per heavy atom. The number of carbonyl (C=O) groups excluding carboxylic acids is 1. The summed E-state index contributed by atoms with van der Waals surface area (Å²) in [5.41, 5.74) is 3.53. The van der Waals surface area contributed by atoms with Crippen LogP contribution in [-0.2, 0) is 14.8 Å². The van der Waals surface area contributed by atoms with Gasteiger partial charge in [0.2, 0.25) is 5.91 Å².